The van der Waals surface area contributed by atoms with Gasteiger partial charge in [-0.25, -0.2) is 12.8 Å². The summed E-state index contributed by atoms with van der Waals surface area (Å²) in [5, 5.41) is 0. The Morgan fingerprint density at radius 3 is 2.39 bits per heavy atom. The summed E-state index contributed by atoms with van der Waals surface area (Å²) in [6.45, 7) is 3.35. The van der Waals surface area contributed by atoms with Crippen molar-refractivity contribution in [1.82, 2.24) is 4.90 Å². The molecule has 0 aliphatic carbocycles. The molecule has 0 amide bonds. The zero-order chi connectivity index (χ0) is 19.6. The summed E-state index contributed by atoms with van der Waals surface area (Å²) in [7, 11) is -0.219. The lowest BCUT2D eigenvalue weighted by atomic mass is 10.2. The van der Waals surface area contributed by atoms with Crippen molar-refractivity contribution in [3.63, 3.8) is 0 Å². The summed E-state index contributed by atoms with van der Waals surface area (Å²) < 4.78 is 47.2. The lowest BCUT2D eigenvalue weighted by Gasteiger charge is -2.34. The van der Waals surface area contributed by atoms with Gasteiger partial charge in [-0.1, -0.05) is 0 Å². The van der Waals surface area contributed by atoms with Crippen LogP contribution in [0.4, 0.5) is 15.8 Å². The van der Waals surface area contributed by atoms with E-state index >= 15 is 0 Å². The molecule has 0 bridgehead atoms. The zero-order valence-electron chi connectivity index (χ0n) is 15.5. The molecule has 1 aliphatic rings. The first kappa shape index (κ1) is 22.7. The second kappa shape index (κ2) is 9.30. The van der Waals surface area contributed by atoms with E-state index in [4.69, 9.17) is 4.74 Å². The Balaban J connectivity index is 0.00000280. The van der Waals surface area contributed by atoms with Gasteiger partial charge >= 0.3 is 0 Å². The topological polar surface area (TPSA) is 61.9 Å². The van der Waals surface area contributed by atoms with Gasteiger partial charge in [-0.3, -0.25) is 4.72 Å². The van der Waals surface area contributed by atoms with E-state index in [0.29, 0.717) is 10.2 Å². The number of anilines is 2. The van der Waals surface area contributed by atoms with E-state index < -0.39 is 15.8 Å². The van der Waals surface area contributed by atoms with Gasteiger partial charge in [0.1, 0.15) is 11.6 Å². The monoisotopic (exact) mass is 493 g/mol. The number of nitrogens with zero attached hydrogens (tertiary/aromatic N) is 2. The van der Waals surface area contributed by atoms with Gasteiger partial charge in [0.05, 0.1) is 23.4 Å². The maximum atomic E-state index is 13.2. The van der Waals surface area contributed by atoms with Crippen LogP contribution >= 0.6 is 28.3 Å². The van der Waals surface area contributed by atoms with Crippen LogP contribution in [0, 0.1) is 5.82 Å². The first-order chi connectivity index (χ1) is 12.8. The van der Waals surface area contributed by atoms with Gasteiger partial charge < -0.3 is 14.5 Å². The average Bonchev–Trinajstić information content (AvgIpc) is 2.64. The summed E-state index contributed by atoms with van der Waals surface area (Å²) in [5.74, 6) is 0.174. The Kier molecular flexibility index (Phi) is 7.55. The Morgan fingerprint density at radius 1 is 1.11 bits per heavy atom. The number of nitrogens with one attached hydrogen (secondary N) is 1. The number of ether oxygens (including phenoxy) is 1. The minimum Gasteiger partial charge on any atom is -0.495 e. The second-order valence-corrected chi connectivity index (χ2v) is 8.89. The van der Waals surface area contributed by atoms with Crippen molar-refractivity contribution in [3.8, 4) is 5.75 Å². The fourth-order valence-electron chi connectivity index (χ4n) is 2.91. The molecule has 6 nitrogen and oxygen atoms in total. The summed E-state index contributed by atoms with van der Waals surface area (Å²) in [6, 6.07) is 8.56. The number of methoxy groups -OCH3 is 1. The largest absolute Gasteiger partial charge is 0.495 e. The van der Waals surface area contributed by atoms with Crippen molar-refractivity contribution in [2.75, 3.05) is 50.0 Å². The SMILES string of the molecule is COc1ccc(S(=O)(=O)Nc2ccc(F)cc2Br)cc1N1CCN(C)CC1.Cl. The van der Waals surface area contributed by atoms with Gasteiger partial charge in [0, 0.05) is 30.7 Å². The first-order valence-electron chi connectivity index (χ1n) is 8.39. The predicted octanol–water partition coefficient (Wildman–Crippen LogP) is 3.57. The molecule has 2 aromatic rings. The molecule has 1 aliphatic heterocycles. The Morgan fingerprint density at radius 2 is 1.79 bits per heavy atom. The molecule has 28 heavy (non-hydrogen) atoms. The highest BCUT2D eigenvalue weighted by atomic mass is 79.9. The van der Waals surface area contributed by atoms with E-state index in [1.807, 2.05) is 0 Å². The molecule has 2 aromatic carbocycles. The van der Waals surface area contributed by atoms with Gasteiger partial charge in [-0.05, 0) is 59.4 Å². The van der Waals surface area contributed by atoms with Crippen molar-refractivity contribution in [1.29, 1.82) is 0 Å². The standard InChI is InChI=1S/C18H21BrFN3O3S.ClH/c1-22-7-9-23(10-8-22)17-12-14(4-6-18(17)26-2)27(24,25)21-16-5-3-13(20)11-15(16)19;/h3-6,11-12,21H,7-10H2,1-2H3;1H. The molecule has 0 spiro atoms. The number of rotatable bonds is 5. The molecule has 0 unspecified atom stereocenters. The van der Waals surface area contributed by atoms with Gasteiger partial charge in [-0.15, -0.1) is 12.4 Å². The van der Waals surface area contributed by atoms with Gasteiger partial charge in [0.25, 0.3) is 10.0 Å². The highest BCUT2D eigenvalue weighted by molar-refractivity contribution is 9.10. The van der Waals surface area contributed by atoms with Crippen LogP contribution in [0.15, 0.2) is 45.8 Å². The molecule has 0 saturated carbocycles. The second-order valence-electron chi connectivity index (χ2n) is 6.35. The zero-order valence-corrected chi connectivity index (χ0v) is 18.7. The van der Waals surface area contributed by atoms with Crippen LogP contribution in [0.25, 0.3) is 0 Å². The molecular weight excluding hydrogens is 473 g/mol. The van der Waals surface area contributed by atoms with E-state index in [1.54, 1.807) is 19.2 Å². The van der Waals surface area contributed by atoms with Crippen LogP contribution in [0.5, 0.6) is 5.75 Å². The summed E-state index contributed by atoms with van der Waals surface area (Å²) in [5.41, 5.74) is 1.01. The van der Waals surface area contributed by atoms with Crippen LogP contribution in [0.2, 0.25) is 0 Å². The smallest absolute Gasteiger partial charge is 0.262 e. The van der Waals surface area contributed by atoms with E-state index in [1.165, 1.54) is 24.3 Å². The third-order valence-corrected chi connectivity index (χ3v) is 6.50. The lowest BCUT2D eigenvalue weighted by Crippen LogP contribution is -2.44. The van der Waals surface area contributed by atoms with E-state index in [0.717, 1.165) is 31.9 Å². The van der Waals surface area contributed by atoms with Crippen LogP contribution in [-0.4, -0.2) is 53.7 Å². The van der Waals surface area contributed by atoms with Crippen molar-refractivity contribution in [3.05, 3.63) is 46.7 Å². The van der Waals surface area contributed by atoms with Gasteiger partial charge in [0.2, 0.25) is 0 Å². The molecular formula is C18H22BrClFN3O3S. The van der Waals surface area contributed by atoms with E-state index in [2.05, 4.69) is 37.5 Å². The first-order valence-corrected chi connectivity index (χ1v) is 10.7. The molecule has 0 atom stereocenters. The Hall–Kier alpha value is -1.55. The normalized spacial score (nSPS) is 15.1. The maximum Gasteiger partial charge on any atom is 0.262 e. The average molecular weight is 495 g/mol. The molecule has 0 radical (unpaired) electrons. The fraction of sp³-hybridized carbons (Fsp3) is 0.333. The summed E-state index contributed by atoms with van der Waals surface area (Å²) in [4.78, 5) is 4.46. The number of halogens is 3. The van der Waals surface area contributed by atoms with Crippen LogP contribution in [0.3, 0.4) is 0 Å². The third kappa shape index (κ3) is 5.08. The number of hydrogen-bond donors (Lipinski definition) is 1. The predicted molar refractivity (Wildman–Crippen MR) is 115 cm³/mol. The molecule has 154 valence electrons. The summed E-state index contributed by atoms with van der Waals surface area (Å²) >= 11 is 3.18. The van der Waals surface area contributed by atoms with E-state index in [-0.39, 0.29) is 23.0 Å². The molecule has 0 aromatic heterocycles. The Labute approximate surface area is 179 Å². The van der Waals surface area contributed by atoms with Crippen LogP contribution in [-0.2, 0) is 10.0 Å². The van der Waals surface area contributed by atoms with Crippen molar-refractivity contribution in [2.24, 2.45) is 0 Å². The minimum atomic E-state index is -3.84. The number of piperazine rings is 1. The number of likely N-dealkylation sites (N-methyl/N-ethyl adjacent to an activating group) is 1. The molecule has 3 rings (SSSR count). The highest BCUT2D eigenvalue weighted by Gasteiger charge is 2.22. The number of hydrogen-bond acceptors (Lipinski definition) is 5. The van der Waals surface area contributed by atoms with E-state index in [9.17, 15) is 12.8 Å². The number of sulfonamides is 1. The molecule has 1 heterocycles. The van der Waals surface area contributed by atoms with Crippen molar-refractivity contribution < 1.29 is 17.5 Å². The highest BCUT2D eigenvalue weighted by Crippen LogP contribution is 2.33. The lowest BCUT2D eigenvalue weighted by molar-refractivity contribution is 0.311. The fourth-order valence-corrected chi connectivity index (χ4v) is 4.59. The quantitative estimate of drug-likeness (QED) is 0.689. The third-order valence-electron chi connectivity index (χ3n) is 4.48. The van der Waals surface area contributed by atoms with Crippen LogP contribution in [0.1, 0.15) is 0 Å². The molecule has 1 saturated heterocycles. The summed E-state index contributed by atoms with van der Waals surface area (Å²) in [6.07, 6.45) is 0. The molecule has 1 fully saturated rings. The molecule has 10 heteroatoms. The molecule has 1 N–H and O–H groups in total. The van der Waals surface area contributed by atoms with Crippen molar-refractivity contribution >= 4 is 49.7 Å². The van der Waals surface area contributed by atoms with Crippen molar-refractivity contribution in [2.45, 2.75) is 4.90 Å². The number of benzene rings is 2. The Bertz CT molecular complexity index is 938. The van der Waals surface area contributed by atoms with Gasteiger partial charge in [-0.2, -0.15) is 0 Å². The van der Waals surface area contributed by atoms with Crippen LogP contribution < -0.4 is 14.4 Å². The van der Waals surface area contributed by atoms with Gasteiger partial charge in [0.15, 0.2) is 0 Å². The maximum absolute atomic E-state index is 13.2. The minimum absolute atomic E-state index is 0.